The molecule has 84 valence electrons. The highest BCUT2D eigenvalue weighted by atomic mass is 32.1. The number of rotatable bonds is 2. The first-order chi connectivity index (χ1) is 7.86. The number of fused-ring (bicyclic) bond motifs is 1. The van der Waals surface area contributed by atoms with Crippen molar-refractivity contribution < 1.29 is 5.11 Å². The molecule has 3 heteroatoms. The zero-order valence-electron chi connectivity index (χ0n) is 8.93. The summed E-state index contributed by atoms with van der Waals surface area (Å²) in [6.07, 6.45) is 3.21. The molecule has 0 amide bonds. The molecule has 0 aliphatic heterocycles. The molecule has 0 radical (unpaired) electrons. The minimum absolute atomic E-state index is 0.311. The fourth-order valence-electron chi connectivity index (χ4n) is 2.51. The van der Waals surface area contributed by atoms with Crippen LogP contribution in [0.2, 0.25) is 0 Å². The van der Waals surface area contributed by atoms with E-state index in [1.54, 1.807) is 11.3 Å². The van der Waals surface area contributed by atoms with Gasteiger partial charge in [-0.3, -0.25) is 0 Å². The average molecular weight is 250 g/mol. The Morgan fingerprint density at radius 2 is 2.19 bits per heavy atom. The Labute approximate surface area is 103 Å². The van der Waals surface area contributed by atoms with Gasteiger partial charge in [-0.15, -0.1) is 22.7 Å². The van der Waals surface area contributed by atoms with Gasteiger partial charge < -0.3 is 5.11 Å². The van der Waals surface area contributed by atoms with Crippen molar-refractivity contribution >= 4 is 22.7 Å². The summed E-state index contributed by atoms with van der Waals surface area (Å²) < 4.78 is 0. The van der Waals surface area contributed by atoms with Crippen LogP contribution in [-0.2, 0) is 6.42 Å². The van der Waals surface area contributed by atoms with Crippen LogP contribution in [0.3, 0.4) is 0 Å². The van der Waals surface area contributed by atoms with Gasteiger partial charge in [0.25, 0.3) is 0 Å². The van der Waals surface area contributed by atoms with Gasteiger partial charge in [-0.1, -0.05) is 6.07 Å². The van der Waals surface area contributed by atoms with Gasteiger partial charge in [-0.2, -0.15) is 0 Å². The van der Waals surface area contributed by atoms with Crippen molar-refractivity contribution in [2.45, 2.75) is 31.3 Å². The number of aliphatic hydroxyl groups is 1. The average Bonchev–Trinajstić information content (AvgIpc) is 2.98. The molecular formula is C13H14OS2. The minimum atomic E-state index is -0.311. The van der Waals surface area contributed by atoms with Crippen molar-refractivity contribution in [3.63, 3.8) is 0 Å². The lowest BCUT2D eigenvalue weighted by Crippen LogP contribution is -2.14. The Morgan fingerprint density at radius 3 is 3.00 bits per heavy atom. The monoisotopic (exact) mass is 250 g/mol. The fourth-order valence-corrected chi connectivity index (χ4v) is 4.28. The van der Waals surface area contributed by atoms with Gasteiger partial charge in [-0.05, 0) is 47.7 Å². The Bertz CT molecular complexity index is 458. The van der Waals surface area contributed by atoms with Gasteiger partial charge in [0.15, 0.2) is 0 Å². The summed E-state index contributed by atoms with van der Waals surface area (Å²) in [5, 5.41) is 14.6. The van der Waals surface area contributed by atoms with Crippen LogP contribution >= 0.6 is 22.7 Å². The van der Waals surface area contributed by atoms with Crippen LogP contribution in [0, 0.1) is 0 Å². The molecule has 2 heterocycles. The lowest BCUT2D eigenvalue weighted by Gasteiger charge is -2.26. The number of aryl methyl sites for hydroxylation is 1. The molecule has 2 aromatic heterocycles. The normalized spacial score (nSPS) is 21.7. The molecule has 0 fully saturated rings. The topological polar surface area (TPSA) is 20.2 Å². The van der Waals surface area contributed by atoms with Gasteiger partial charge in [0.2, 0.25) is 0 Å². The van der Waals surface area contributed by atoms with E-state index in [1.165, 1.54) is 23.3 Å². The van der Waals surface area contributed by atoms with E-state index < -0.39 is 0 Å². The smallest absolute Gasteiger partial charge is 0.0950 e. The summed E-state index contributed by atoms with van der Waals surface area (Å²) in [5.41, 5.74) is 1.39. The van der Waals surface area contributed by atoms with Crippen LogP contribution < -0.4 is 0 Å². The van der Waals surface area contributed by atoms with Crippen molar-refractivity contribution in [2.24, 2.45) is 0 Å². The van der Waals surface area contributed by atoms with Crippen LogP contribution in [0.25, 0.3) is 0 Å². The molecule has 3 rings (SSSR count). The number of thiophene rings is 2. The van der Waals surface area contributed by atoms with E-state index in [4.69, 9.17) is 0 Å². The zero-order chi connectivity index (χ0) is 11.0. The summed E-state index contributed by atoms with van der Waals surface area (Å²) in [4.78, 5) is 2.58. The van der Waals surface area contributed by atoms with Crippen molar-refractivity contribution in [1.29, 1.82) is 0 Å². The highest BCUT2D eigenvalue weighted by Crippen LogP contribution is 2.43. The third kappa shape index (κ3) is 1.73. The SMILES string of the molecule is OC(c1cccs1)C1CCCc2sccc21. The summed E-state index contributed by atoms with van der Waals surface area (Å²) in [5.74, 6) is 0.314. The summed E-state index contributed by atoms with van der Waals surface area (Å²) in [6, 6.07) is 6.25. The summed E-state index contributed by atoms with van der Waals surface area (Å²) >= 11 is 3.49. The lowest BCUT2D eigenvalue weighted by atomic mass is 9.83. The fraction of sp³-hybridized carbons (Fsp3) is 0.385. The van der Waals surface area contributed by atoms with Crippen LogP contribution in [0.4, 0.5) is 0 Å². The first kappa shape index (κ1) is 10.5. The Hall–Kier alpha value is -0.640. The molecule has 1 aliphatic rings. The maximum atomic E-state index is 10.4. The van der Waals surface area contributed by atoms with Crippen LogP contribution in [-0.4, -0.2) is 5.11 Å². The summed E-state index contributed by atoms with van der Waals surface area (Å²) in [6.45, 7) is 0. The molecule has 1 aliphatic carbocycles. The van der Waals surface area contributed by atoms with Gasteiger partial charge >= 0.3 is 0 Å². The van der Waals surface area contributed by atoms with Crippen molar-refractivity contribution in [2.75, 3.05) is 0 Å². The van der Waals surface area contributed by atoms with Crippen molar-refractivity contribution in [3.8, 4) is 0 Å². The number of hydrogen-bond donors (Lipinski definition) is 1. The molecule has 1 N–H and O–H groups in total. The molecule has 1 nitrogen and oxygen atoms in total. The van der Waals surface area contributed by atoms with Gasteiger partial charge in [0.05, 0.1) is 6.10 Å². The van der Waals surface area contributed by atoms with Crippen molar-refractivity contribution in [3.05, 3.63) is 44.3 Å². The van der Waals surface area contributed by atoms with E-state index in [1.807, 2.05) is 28.8 Å². The number of aliphatic hydroxyl groups excluding tert-OH is 1. The Balaban J connectivity index is 1.92. The molecule has 2 unspecified atom stereocenters. The van der Waals surface area contributed by atoms with Gasteiger partial charge in [0, 0.05) is 15.7 Å². The van der Waals surface area contributed by atoms with E-state index in [0.717, 1.165) is 11.3 Å². The van der Waals surface area contributed by atoms with Gasteiger partial charge in [-0.25, -0.2) is 0 Å². The third-order valence-corrected chi connectivity index (χ3v) is 5.25. The predicted octanol–water partition coefficient (Wildman–Crippen LogP) is 3.96. The molecule has 0 bridgehead atoms. The molecule has 2 atom stereocenters. The van der Waals surface area contributed by atoms with E-state index >= 15 is 0 Å². The molecule has 0 saturated heterocycles. The van der Waals surface area contributed by atoms with E-state index in [9.17, 15) is 5.11 Å². The first-order valence-corrected chi connectivity index (χ1v) is 7.40. The van der Waals surface area contributed by atoms with E-state index in [2.05, 4.69) is 11.4 Å². The molecule has 16 heavy (non-hydrogen) atoms. The predicted molar refractivity (Wildman–Crippen MR) is 69.3 cm³/mol. The van der Waals surface area contributed by atoms with Crippen LogP contribution in [0.15, 0.2) is 29.0 Å². The summed E-state index contributed by atoms with van der Waals surface area (Å²) in [7, 11) is 0. The van der Waals surface area contributed by atoms with Crippen molar-refractivity contribution in [1.82, 2.24) is 0 Å². The van der Waals surface area contributed by atoms with E-state index in [0.29, 0.717) is 5.92 Å². The quantitative estimate of drug-likeness (QED) is 0.855. The molecular weight excluding hydrogens is 236 g/mol. The third-order valence-electron chi connectivity index (χ3n) is 3.31. The van der Waals surface area contributed by atoms with E-state index in [-0.39, 0.29) is 6.10 Å². The van der Waals surface area contributed by atoms with Crippen LogP contribution in [0.5, 0.6) is 0 Å². The highest BCUT2D eigenvalue weighted by molar-refractivity contribution is 7.10. The van der Waals surface area contributed by atoms with Gasteiger partial charge in [0.1, 0.15) is 0 Å². The lowest BCUT2D eigenvalue weighted by molar-refractivity contribution is 0.140. The highest BCUT2D eigenvalue weighted by Gasteiger charge is 2.28. The second-order valence-corrected chi connectivity index (χ2v) is 6.24. The second-order valence-electron chi connectivity index (χ2n) is 4.26. The molecule has 0 aromatic carbocycles. The Kier molecular flexibility index (Phi) is 2.84. The maximum absolute atomic E-state index is 10.4. The van der Waals surface area contributed by atoms with Crippen LogP contribution in [0.1, 0.15) is 40.2 Å². The number of hydrogen-bond acceptors (Lipinski definition) is 3. The first-order valence-electron chi connectivity index (χ1n) is 5.64. The Morgan fingerprint density at radius 1 is 1.25 bits per heavy atom. The molecule has 0 spiro atoms. The minimum Gasteiger partial charge on any atom is -0.387 e. The zero-order valence-corrected chi connectivity index (χ0v) is 10.6. The second kappa shape index (κ2) is 4.32. The standard InChI is InChI=1S/C13H14OS2/c14-13(12-5-2-7-15-12)10-3-1-4-11-9(10)6-8-16-11/h2,5-8,10,13-14H,1,3-4H2. The molecule has 0 saturated carbocycles. The largest absolute Gasteiger partial charge is 0.387 e. The maximum Gasteiger partial charge on any atom is 0.0950 e. The molecule has 2 aromatic rings.